The standard InChI is InChI=1S/C22H27N9O2/c1-4-30-21(32)17-13-23-22(25-15-12-24-29(3)14-15)27-20(17)31(30)18-6-5-7-19(26-18)33-16-8-10-28(2)11-9-16/h5-7,12-14,16H,4,8-11H2,1-3H3,(H,23,25,27). The molecule has 11 nitrogen and oxygen atoms in total. The third kappa shape index (κ3) is 4.19. The van der Waals surface area contributed by atoms with Gasteiger partial charge in [-0.05, 0) is 32.9 Å². The Morgan fingerprint density at radius 1 is 1.15 bits per heavy atom. The lowest BCUT2D eigenvalue weighted by atomic mass is 10.1. The Kier molecular flexibility index (Phi) is 5.55. The molecule has 0 bridgehead atoms. The monoisotopic (exact) mass is 449 g/mol. The first-order valence-electron chi connectivity index (χ1n) is 11.1. The van der Waals surface area contributed by atoms with E-state index in [4.69, 9.17) is 9.72 Å². The van der Waals surface area contributed by atoms with Crippen molar-refractivity contribution in [2.45, 2.75) is 32.4 Å². The van der Waals surface area contributed by atoms with E-state index in [0.29, 0.717) is 35.2 Å². The van der Waals surface area contributed by atoms with Crippen LogP contribution in [0.15, 0.2) is 41.6 Å². The van der Waals surface area contributed by atoms with Gasteiger partial charge in [0.1, 0.15) is 11.5 Å². The van der Waals surface area contributed by atoms with Crippen molar-refractivity contribution in [2.75, 3.05) is 25.5 Å². The predicted octanol–water partition coefficient (Wildman–Crippen LogP) is 1.95. The molecule has 1 saturated heterocycles. The average molecular weight is 450 g/mol. The average Bonchev–Trinajstić information content (AvgIpc) is 3.35. The van der Waals surface area contributed by atoms with Gasteiger partial charge in [-0.15, -0.1) is 0 Å². The number of aryl methyl sites for hydroxylation is 1. The van der Waals surface area contributed by atoms with Crippen LogP contribution in [-0.2, 0) is 13.6 Å². The van der Waals surface area contributed by atoms with Crippen LogP contribution in [-0.4, -0.2) is 65.2 Å². The normalized spacial score (nSPS) is 15.2. The molecular formula is C22H27N9O2. The number of aromatic nitrogens is 7. The molecule has 0 saturated carbocycles. The number of pyridine rings is 1. The summed E-state index contributed by atoms with van der Waals surface area (Å²) in [6.07, 6.45) is 7.12. The highest BCUT2D eigenvalue weighted by atomic mass is 16.5. The summed E-state index contributed by atoms with van der Waals surface area (Å²) in [5, 5.41) is 7.71. The summed E-state index contributed by atoms with van der Waals surface area (Å²) in [5.74, 6) is 1.48. The van der Waals surface area contributed by atoms with Crippen molar-refractivity contribution in [3.8, 4) is 11.7 Å². The molecule has 0 spiro atoms. The van der Waals surface area contributed by atoms with Crippen LogP contribution in [0.25, 0.3) is 16.9 Å². The molecule has 0 aromatic carbocycles. The topological polar surface area (TPSA) is 108 Å². The van der Waals surface area contributed by atoms with Gasteiger partial charge in [-0.1, -0.05) is 6.07 Å². The highest BCUT2D eigenvalue weighted by Crippen LogP contribution is 2.21. The van der Waals surface area contributed by atoms with E-state index in [9.17, 15) is 4.79 Å². The number of rotatable bonds is 6. The number of piperidine rings is 1. The number of nitrogens with one attached hydrogen (secondary N) is 1. The van der Waals surface area contributed by atoms with Gasteiger partial charge in [-0.3, -0.25) is 9.48 Å². The van der Waals surface area contributed by atoms with Crippen molar-refractivity contribution in [2.24, 2.45) is 7.05 Å². The van der Waals surface area contributed by atoms with Crippen LogP contribution in [0.1, 0.15) is 19.8 Å². The van der Waals surface area contributed by atoms with E-state index in [0.717, 1.165) is 31.6 Å². The Labute approximate surface area is 190 Å². The fourth-order valence-electron chi connectivity index (χ4n) is 4.08. The number of hydrogen-bond acceptors (Lipinski definition) is 8. The van der Waals surface area contributed by atoms with Crippen molar-refractivity contribution in [3.63, 3.8) is 0 Å². The van der Waals surface area contributed by atoms with Crippen molar-refractivity contribution in [3.05, 3.63) is 47.1 Å². The fraction of sp³-hybridized carbons (Fsp3) is 0.409. The van der Waals surface area contributed by atoms with Crippen LogP contribution >= 0.6 is 0 Å². The predicted molar refractivity (Wildman–Crippen MR) is 124 cm³/mol. The Bertz CT molecular complexity index is 1330. The Hall–Kier alpha value is -3.73. The second kappa shape index (κ2) is 8.66. The largest absolute Gasteiger partial charge is 0.474 e. The van der Waals surface area contributed by atoms with Crippen molar-refractivity contribution in [1.82, 2.24) is 39.0 Å². The molecule has 0 unspecified atom stereocenters. The molecule has 4 aromatic rings. The maximum atomic E-state index is 13.0. The smallest absolute Gasteiger partial charge is 0.278 e. The third-order valence-corrected chi connectivity index (χ3v) is 5.81. The summed E-state index contributed by atoms with van der Waals surface area (Å²) in [6, 6.07) is 5.59. The minimum Gasteiger partial charge on any atom is -0.474 e. The highest BCUT2D eigenvalue weighted by Gasteiger charge is 2.21. The quantitative estimate of drug-likeness (QED) is 0.476. The van der Waals surface area contributed by atoms with Gasteiger partial charge in [0.25, 0.3) is 5.56 Å². The van der Waals surface area contributed by atoms with E-state index < -0.39 is 0 Å². The molecule has 0 atom stereocenters. The summed E-state index contributed by atoms with van der Waals surface area (Å²) in [5.41, 5.74) is 1.07. The number of nitrogens with zero attached hydrogens (tertiary/aromatic N) is 8. The zero-order chi connectivity index (χ0) is 22.9. The maximum absolute atomic E-state index is 13.0. The lowest BCUT2D eigenvalue weighted by Crippen LogP contribution is -2.35. The van der Waals surface area contributed by atoms with E-state index in [1.807, 2.05) is 38.4 Å². The van der Waals surface area contributed by atoms with Gasteiger partial charge < -0.3 is 15.0 Å². The first kappa shape index (κ1) is 21.1. The molecule has 172 valence electrons. The zero-order valence-corrected chi connectivity index (χ0v) is 19.0. The van der Waals surface area contributed by atoms with Crippen LogP contribution in [0.4, 0.5) is 11.6 Å². The van der Waals surface area contributed by atoms with Crippen molar-refractivity contribution >= 4 is 22.7 Å². The van der Waals surface area contributed by atoms with E-state index in [-0.39, 0.29) is 11.7 Å². The lowest BCUT2D eigenvalue weighted by molar-refractivity contribution is 0.110. The van der Waals surface area contributed by atoms with Crippen LogP contribution in [0.5, 0.6) is 5.88 Å². The van der Waals surface area contributed by atoms with Gasteiger partial charge >= 0.3 is 0 Å². The second-order valence-corrected chi connectivity index (χ2v) is 8.25. The van der Waals surface area contributed by atoms with Gasteiger partial charge in [0.15, 0.2) is 11.5 Å². The third-order valence-electron chi connectivity index (χ3n) is 5.81. The molecule has 0 aliphatic carbocycles. The van der Waals surface area contributed by atoms with E-state index in [1.165, 1.54) is 0 Å². The summed E-state index contributed by atoms with van der Waals surface area (Å²) in [4.78, 5) is 29.0. The van der Waals surface area contributed by atoms with Crippen LogP contribution in [0, 0.1) is 0 Å². The van der Waals surface area contributed by atoms with Gasteiger partial charge in [0.2, 0.25) is 11.8 Å². The second-order valence-electron chi connectivity index (χ2n) is 8.25. The number of ether oxygens (including phenoxy) is 1. The van der Waals surface area contributed by atoms with Gasteiger partial charge in [0.05, 0.1) is 11.9 Å². The Balaban J connectivity index is 1.52. The molecule has 4 aromatic heterocycles. The first-order valence-corrected chi connectivity index (χ1v) is 11.1. The summed E-state index contributed by atoms with van der Waals surface area (Å²) in [7, 11) is 3.95. The Morgan fingerprint density at radius 2 is 1.97 bits per heavy atom. The zero-order valence-electron chi connectivity index (χ0n) is 19.0. The number of likely N-dealkylation sites (tertiary alicyclic amines) is 1. The summed E-state index contributed by atoms with van der Waals surface area (Å²) in [6.45, 7) is 4.39. The molecule has 1 fully saturated rings. The van der Waals surface area contributed by atoms with Crippen LogP contribution in [0.3, 0.4) is 0 Å². The molecule has 11 heteroatoms. The van der Waals surface area contributed by atoms with Crippen LogP contribution < -0.4 is 15.6 Å². The van der Waals surface area contributed by atoms with E-state index in [1.54, 1.807) is 26.4 Å². The fourth-order valence-corrected chi connectivity index (χ4v) is 4.08. The van der Waals surface area contributed by atoms with Crippen molar-refractivity contribution in [1.29, 1.82) is 0 Å². The maximum Gasteiger partial charge on any atom is 0.278 e. The lowest BCUT2D eigenvalue weighted by Gasteiger charge is -2.29. The molecule has 33 heavy (non-hydrogen) atoms. The molecular weight excluding hydrogens is 422 g/mol. The van der Waals surface area contributed by atoms with Crippen LogP contribution in [0.2, 0.25) is 0 Å². The number of fused-ring (bicyclic) bond motifs is 1. The minimum atomic E-state index is -0.163. The molecule has 0 radical (unpaired) electrons. The Morgan fingerprint density at radius 3 is 2.70 bits per heavy atom. The van der Waals surface area contributed by atoms with Gasteiger partial charge in [-0.25, -0.2) is 14.3 Å². The van der Waals surface area contributed by atoms with Crippen molar-refractivity contribution < 1.29 is 4.74 Å². The number of hydrogen-bond donors (Lipinski definition) is 1. The molecule has 0 amide bonds. The van der Waals surface area contributed by atoms with Gasteiger partial charge in [0, 0.05) is 45.1 Å². The minimum absolute atomic E-state index is 0.135. The highest BCUT2D eigenvalue weighted by molar-refractivity contribution is 5.76. The van der Waals surface area contributed by atoms with E-state index >= 15 is 0 Å². The summed E-state index contributed by atoms with van der Waals surface area (Å²) >= 11 is 0. The van der Waals surface area contributed by atoms with E-state index in [2.05, 4.69) is 32.3 Å². The summed E-state index contributed by atoms with van der Waals surface area (Å²) < 4.78 is 11.2. The SMILES string of the molecule is CCn1c(=O)c2cnc(Nc3cnn(C)c3)nc2n1-c1cccc(OC2CCN(C)CC2)n1. The molecule has 1 aliphatic rings. The molecule has 1 aliphatic heterocycles. The number of anilines is 2. The molecule has 5 heterocycles. The molecule has 5 rings (SSSR count). The van der Waals surface area contributed by atoms with Gasteiger partial charge in [-0.2, -0.15) is 15.1 Å². The molecule has 1 N–H and O–H groups in total. The first-order chi connectivity index (χ1) is 16.0.